The average molecular weight is 287 g/mol. The van der Waals surface area contributed by atoms with E-state index >= 15 is 0 Å². The molecule has 2 N–H and O–H groups in total. The number of nitrogens with one attached hydrogen (secondary N) is 1. The first kappa shape index (κ1) is 15.5. The molecule has 2 rings (SSSR count). The minimum absolute atomic E-state index is 0.0683. The lowest BCUT2D eigenvalue weighted by Crippen LogP contribution is -2.35. The highest BCUT2D eigenvalue weighted by Gasteiger charge is 2.25. The minimum Gasteiger partial charge on any atom is -0.390 e. The van der Waals surface area contributed by atoms with Crippen LogP contribution in [0, 0.1) is 11.3 Å². The van der Waals surface area contributed by atoms with Crippen molar-refractivity contribution in [3.8, 4) is 6.07 Å². The lowest BCUT2D eigenvalue weighted by Gasteiger charge is -2.22. The lowest BCUT2D eigenvalue weighted by atomic mass is 9.98. The Balaban J connectivity index is 1.85. The highest BCUT2D eigenvalue weighted by Crippen LogP contribution is 2.21. The first-order chi connectivity index (χ1) is 9.98. The van der Waals surface area contributed by atoms with Gasteiger partial charge >= 0.3 is 0 Å². The molecule has 0 spiro atoms. The summed E-state index contributed by atoms with van der Waals surface area (Å²) >= 11 is 0. The zero-order valence-electron chi connectivity index (χ0n) is 12.3. The maximum absolute atomic E-state index is 12.0. The van der Waals surface area contributed by atoms with E-state index in [2.05, 4.69) is 10.2 Å². The summed E-state index contributed by atoms with van der Waals surface area (Å²) in [4.78, 5) is 14.1. The Bertz CT molecular complexity index is 531. The summed E-state index contributed by atoms with van der Waals surface area (Å²) in [5.41, 5.74) is 0.654. The summed E-state index contributed by atoms with van der Waals surface area (Å²) in [6.45, 7) is 3.74. The van der Waals surface area contributed by atoms with E-state index in [4.69, 9.17) is 5.26 Å². The maximum Gasteiger partial charge on any atom is 0.238 e. The topological polar surface area (TPSA) is 76.4 Å². The number of aliphatic hydroxyl groups is 1. The zero-order chi connectivity index (χ0) is 15.3. The number of nitrogens with zero attached hydrogens (tertiary/aromatic N) is 2. The van der Waals surface area contributed by atoms with Gasteiger partial charge in [-0.3, -0.25) is 9.69 Å². The molecule has 5 nitrogen and oxygen atoms in total. The molecule has 1 fully saturated rings. The van der Waals surface area contributed by atoms with E-state index < -0.39 is 5.60 Å². The summed E-state index contributed by atoms with van der Waals surface area (Å²) in [7, 11) is 0. The van der Waals surface area contributed by atoms with E-state index in [1.54, 1.807) is 24.3 Å². The van der Waals surface area contributed by atoms with Crippen molar-refractivity contribution in [2.45, 2.75) is 31.8 Å². The quantitative estimate of drug-likeness (QED) is 0.887. The molecular weight excluding hydrogens is 266 g/mol. The summed E-state index contributed by atoms with van der Waals surface area (Å²) in [6, 6.07) is 8.85. The van der Waals surface area contributed by atoms with Crippen LogP contribution in [0.4, 0.5) is 5.69 Å². The van der Waals surface area contributed by atoms with Crippen LogP contribution in [0.15, 0.2) is 24.3 Å². The molecule has 0 saturated carbocycles. The monoisotopic (exact) mass is 287 g/mol. The van der Waals surface area contributed by atoms with Gasteiger partial charge in [0.25, 0.3) is 0 Å². The summed E-state index contributed by atoms with van der Waals surface area (Å²) in [5.74, 6) is -0.0683. The van der Waals surface area contributed by atoms with Crippen molar-refractivity contribution >= 4 is 11.6 Å². The molecule has 1 aliphatic rings. The van der Waals surface area contributed by atoms with E-state index in [1.807, 2.05) is 13.0 Å². The molecule has 1 heterocycles. The Morgan fingerprint density at radius 3 is 2.76 bits per heavy atom. The van der Waals surface area contributed by atoms with Gasteiger partial charge in [0.1, 0.15) is 0 Å². The number of likely N-dealkylation sites (tertiary alicyclic amines) is 1. The number of amides is 1. The van der Waals surface area contributed by atoms with Crippen LogP contribution in [0.2, 0.25) is 0 Å². The number of nitriles is 1. The number of carbonyl (C=O) groups is 1. The third kappa shape index (κ3) is 4.85. The summed E-state index contributed by atoms with van der Waals surface area (Å²) < 4.78 is 0. The number of benzene rings is 1. The van der Waals surface area contributed by atoms with Gasteiger partial charge in [-0.25, -0.2) is 0 Å². The van der Waals surface area contributed by atoms with Gasteiger partial charge in [-0.05, 0) is 57.0 Å². The molecule has 1 aromatic rings. The van der Waals surface area contributed by atoms with Crippen LogP contribution in [0.3, 0.4) is 0 Å². The first-order valence-corrected chi connectivity index (χ1v) is 7.23. The van der Waals surface area contributed by atoms with E-state index in [1.165, 1.54) is 0 Å². The van der Waals surface area contributed by atoms with Crippen LogP contribution < -0.4 is 5.32 Å². The molecule has 112 valence electrons. The Morgan fingerprint density at radius 1 is 1.38 bits per heavy atom. The number of hydrogen-bond acceptors (Lipinski definition) is 4. The molecule has 0 bridgehead atoms. The maximum atomic E-state index is 12.0. The van der Waals surface area contributed by atoms with Gasteiger partial charge in [0.15, 0.2) is 0 Å². The van der Waals surface area contributed by atoms with Crippen LogP contribution in [0.5, 0.6) is 0 Å². The molecule has 1 unspecified atom stereocenters. The fourth-order valence-electron chi connectivity index (χ4n) is 2.51. The largest absolute Gasteiger partial charge is 0.390 e. The van der Waals surface area contributed by atoms with Crippen molar-refractivity contribution in [2.24, 2.45) is 0 Å². The average Bonchev–Trinajstić information content (AvgIpc) is 2.61. The van der Waals surface area contributed by atoms with Crippen LogP contribution in [-0.2, 0) is 4.79 Å². The third-order valence-electron chi connectivity index (χ3n) is 3.82. The smallest absolute Gasteiger partial charge is 0.238 e. The number of hydrogen-bond donors (Lipinski definition) is 2. The first-order valence-electron chi connectivity index (χ1n) is 7.23. The second-order valence-corrected chi connectivity index (χ2v) is 5.86. The molecule has 1 aromatic carbocycles. The molecular formula is C16H21N3O2. The summed E-state index contributed by atoms with van der Waals surface area (Å²) in [6.07, 6.45) is 2.37. The number of rotatable bonds is 3. The third-order valence-corrected chi connectivity index (χ3v) is 3.82. The van der Waals surface area contributed by atoms with Crippen molar-refractivity contribution in [3.05, 3.63) is 29.8 Å². The molecule has 21 heavy (non-hydrogen) atoms. The van der Waals surface area contributed by atoms with Gasteiger partial charge in [-0.15, -0.1) is 0 Å². The van der Waals surface area contributed by atoms with Crippen molar-refractivity contribution in [1.82, 2.24) is 4.90 Å². The molecule has 1 atom stereocenters. The van der Waals surface area contributed by atoms with Gasteiger partial charge in [0.2, 0.25) is 5.91 Å². The van der Waals surface area contributed by atoms with Gasteiger partial charge in [-0.2, -0.15) is 5.26 Å². The Kier molecular flexibility index (Phi) is 4.94. The van der Waals surface area contributed by atoms with Crippen molar-refractivity contribution in [1.29, 1.82) is 5.26 Å². The van der Waals surface area contributed by atoms with E-state index in [9.17, 15) is 9.90 Å². The number of anilines is 1. The van der Waals surface area contributed by atoms with Gasteiger partial charge in [0, 0.05) is 12.2 Å². The van der Waals surface area contributed by atoms with Gasteiger partial charge in [-0.1, -0.05) is 0 Å². The zero-order valence-corrected chi connectivity index (χ0v) is 12.3. The highest BCUT2D eigenvalue weighted by atomic mass is 16.3. The highest BCUT2D eigenvalue weighted by molar-refractivity contribution is 5.92. The van der Waals surface area contributed by atoms with Gasteiger partial charge in [0.05, 0.1) is 23.8 Å². The fraction of sp³-hybridized carbons (Fsp3) is 0.500. The predicted molar refractivity (Wildman–Crippen MR) is 80.7 cm³/mol. The van der Waals surface area contributed by atoms with Crippen LogP contribution in [0.25, 0.3) is 0 Å². The lowest BCUT2D eigenvalue weighted by molar-refractivity contribution is -0.117. The summed E-state index contributed by atoms with van der Waals surface area (Å²) in [5, 5.41) is 21.6. The van der Waals surface area contributed by atoms with Crippen molar-refractivity contribution < 1.29 is 9.90 Å². The Hall–Kier alpha value is -1.90. The van der Waals surface area contributed by atoms with Crippen LogP contribution in [-0.4, -0.2) is 41.1 Å². The Labute approximate surface area is 125 Å². The van der Waals surface area contributed by atoms with E-state index in [0.717, 1.165) is 25.9 Å². The second kappa shape index (κ2) is 6.70. The van der Waals surface area contributed by atoms with Gasteiger partial charge < -0.3 is 10.4 Å². The molecule has 1 saturated heterocycles. The van der Waals surface area contributed by atoms with Crippen LogP contribution >= 0.6 is 0 Å². The standard InChI is InChI=1S/C16H21N3O2/c1-16(21)7-2-9-19(10-8-16)12-15(20)18-14-5-3-13(11-17)4-6-14/h3-6,21H,2,7-10,12H2,1H3,(H,18,20). The second-order valence-electron chi connectivity index (χ2n) is 5.86. The van der Waals surface area contributed by atoms with Crippen molar-refractivity contribution in [3.63, 3.8) is 0 Å². The SMILES string of the molecule is CC1(O)CCCN(CC(=O)Nc2ccc(C#N)cc2)CC1. The fourth-order valence-corrected chi connectivity index (χ4v) is 2.51. The van der Waals surface area contributed by atoms with Crippen molar-refractivity contribution in [2.75, 3.05) is 25.0 Å². The predicted octanol–water partition coefficient (Wildman–Crippen LogP) is 1.73. The number of carbonyl (C=O) groups excluding carboxylic acids is 1. The molecule has 1 amide bonds. The molecule has 5 heteroatoms. The molecule has 0 aromatic heterocycles. The van der Waals surface area contributed by atoms with E-state index in [-0.39, 0.29) is 5.91 Å². The minimum atomic E-state index is -0.613. The molecule has 0 radical (unpaired) electrons. The van der Waals surface area contributed by atoms with E-state index in [0.29, 0.717) is 24.2 Å². The molecule has 1 aliphatic heterocycles. The normalized spacial score (nSPS) is 23.1. The molecule has 0 aliphatic carbocycles. The Morgan fingerprint density at radius 2 is 2.10 bits per heavy atom. The van der Waals surface area contributed by atoms with Crippen LogP contribution in [0.1, 0.15) is 31.7 Å².